The van der Waals surface area contributed by atoms with E-state index < -0.39 is 0 Å². The van der Waals surface area contributed by atoms with Crippen LogP contribution in [0.2, 0.25) is 0 Å². The minimum atomic E-state index is 0.918. The molecule has 626 valence electrons. The first kappa shape index (κ1) is 77.2. The fourth-order valence-electron chi connectivity index (χ4n) is 22.4. The number of furan rings is 3. The van der Waals surface area contributed by atoms with E-state index in [0.29, 0.717) is 0 Å². The van der Waals surface area contributed by atoms with Crippen molar-refractivity contribution in [3.05, 3.63) is 485 Å². The van der Waals surface area contributed by atoms with E-state index in [1.165, 1.54) is 202 Å². The fourth-order valence-corrected chi connectivity index (χ4v) is 22.4. The van der Waals surface area contributed by atoms with Crippen LogP contribution in [0.1, 0.15) is 0 Å². The normalized spacial score (nSPS) is 11.9. The van der Waals surface area contributed by atoms with Crippen molar-refractivity contribution < 1.29 is 13.3 Å². The molecule has 0 saturated carbocycles. The predicted molar refractivity (Wildman–Crippen MR) is 575 cm³/mol. The summed E-state index contributed by atoms with van der Waals surface area (Å²) in [5.74, 6) is 0. The lowest BCUT2D eigenvalue weighted by molar-refractivity contribution is 0.672. The van der Waals surface area contributed by atoms with Gasteiger partial charge >= 0.3 is 0 Å². The largest absolute Gasteiger partial charge is 0.455 e. The van der Waals surface area contributed by atoms with Gasteiger partial charge in [-0.15, -0.1) is 0 Å². The molecule has 0 fully saturated rings. The average molecular weight is 1710 g/mol. The zero-order chi connectivity index (χ0) is 88.7. The Bertz CT molecular complexity index is 9800. The van der Waals surface area contributed by atoms with Crippen molar-refractivity contribution >= 4 is 195 Å². The second-order valence-corrected chi connectivity index (χ2v) is 35.6. The number of hydrogen-bond acceptors (Lipinski definition) is 3. The highest BCUT2D eigenvalue weighted by Gasteiger charge is 2.27. The first-order chi connectivity index (χ1) is 67.0. The van der Waals surface area contributed by atoms with E-state index in [-0.39, 0.29) is 0 Å². The molecule has 0 aliphatic carbocycles. The van der Waals surface area contributed by atoms with Crippen LogP contribution in [0.4, 0.5) is 0 Å². The number of fused-ring (bicyclic) bond motifs is 24. The van der Waals surface area contributed by atoms with Crippen molar-refractivity contribution in [2.24, 2.45) is 0 Å². The molecule has 26 aromatic carbocycles. The molecule has 0 aliphatic heterocycles. The van der Waals surface area contributed by atoms with Gasteiger partial charge in [-0.2, -0.15) is 0 Å². The highest BCUT2D eigenvalue weighted by Crippen LogP contribution is 2.54. The molecule has 3 aromatic heterocycles. The van der Waals surface area contributed by atoms with E-state index in [2.05, 4.69) is 467 Å². The zero-order valence-electron chi connectivity index (χ0n) is 73.4. The van der Waals surface area contributed by atoms with Gasteiger partial charge in [-0.25, -0.2) is 0 Å². The van der Waals surface area contributed by atoms with E-state index in [4.69, 9.17) is 13.3 Å². The topological polar surface area (TPSA) is 39.4 Å². The van der Waals surface area contributed by atoms with Crippen molar-refractivity contribution in [2.45, 2.75) is 0 Å². The number of hydrogen-bond donors (Lipinski definition) is 0. The van der Waals surface area contributed by atoms with Gasteiger partial charge in [0.25, 0.3) is 0 Å². The number of rotatable bonds is 8. The summed E-state index contributed by atoms with van der Waals surface area (Å²) >= 11 is 0. The summed E-state index contributed by atoms with van der Waals surface area (Å²) in [7, 11) is 0. The third kappa shape index (κ3) is 12.5. The Morgan fingerprint density at radius 1 is 0.104 bits per heavy atom. The van der Waals surface area contributed by atoms with Crippen LogP contribution in [-0.2, 0) is 0 Å². The van der Waals surface area contributed by atoms with Crippen LogP contribution in [0.5, 0.6) is 0 Å². The predicted octanol–water partition coefficient (Wildman–Crippen LogP) is 37.9. The number of para-hydroxylation sites is 3. The molecule has 0 N–H and O–H groups in total. The summed E-state index contributed by atoms with van der Waals surface area (Å²) < 4.78 is 19.4. The molecule has 0 aliphatic rings. The smallest absolute Gasteiger partial charge is 0.143 e. The summed E-state index contributed by atoms with van der Waals surface area (Å²) in [6.07, 6.45) is 0. The lowest BCUT2D eigenvalue weighted by atomic mass is 9.83. The molecular formula is C132H80O3. The molecular weight excluding hydrogens is 1630 g/mol. The lowest BCUT2D eigenvalue weighted by Gasteiger charge is -2.20. The molecule has 0 spiro atoms. The second-order valence-electron chi connectivity index (χ2n) is 35.6. The van der Waals surface area contributed by atoms with E-state index in [9.17, 15) is 0 Å². The number of benzene rings is 26. The van der Waals surface area contributed by atoms with Gasteiger partial charge in [-0.3, -0.25) is 0 Å². The van der Waals surface area contributed by atoms with Crippen molar-refractivity contribution in [1.82, 2.24) is 0 Å². The Balaban J connectivity index is 0.000000103. The maximum atomic E-state index is 6.48. The van der Waals surface area contributed by atoms with Gasteiger partial charge in [-0.05, 0) is 257 Å². The van der Waals surface area contributed by atoms with Crippen LogP contribution < -0.4 is 0 Å². The Hall–Kier alpha value is -17.8. The van der Waals surface area contributed by atoms with Gasteiger partial charge in [-0.1, -0.05) is 431 Å². The van der Waals surface area contributed by atoms with Gasteiger partial charge in [0.2, 0.25) is 0 Å². The SMILES string of the molecule is c1cc(-c2ccc3ccccc3c2)cc(-c2c3ccccc3c(-c3cc4c5ccccc5oc4c4ccccc34)c3ccccc23)c1.c1cc(-c2cccc3ccccc23)cc(-c2c3ccccc3c(-c3cc4c5ccccc5oc4c4ccccc34)c3ccccc23)c1.c1ccc2c(-c3c4ccccc4c(-c4cc5c6ccccc6oc5c5ccccc45)c4ccccc34)cccc2c1. The van der Waals surface area contributed by atoms with Gasteiger partial charge in [0.15, 0.2) is 0 Å². The van der Waals surface area contributed by atoms with Gasteiger partial charge in [0.05, 0.1) is 0 Å². The minimum absolute atomic E-state index is 0.918. The van der Waals surface area contributed by atoms with Crippen molar-refractivity contribution in [3.8, 4) is 89.0 Å². The molecule has 3 nitrogen and oxygen atoms in total. The van der Waals surface area contributed by atoms with Gasteiger partial charge < -0.3 is 13.3 Å². The van der Waals surface area contributed by atoms with Crippen LogP contribution in [-0.4, -0.2) is 0 Å². The molecule has 0 atom stereocenters. The van der Waals surface area contributed by atoms with Gasteiger partial charge in [0, 0.05) is 48.5 Å². The highest BCUT2D eigenvalue weighted by molar-refractivity contribution is 6.32. The summed E-state index contributed by atoms with van der Waals surface area (Å²) in [6, 6.07) is 176. The summed E-state index contributed by atoms with van der Waals surface area (Å²) in [5, 5.41) is 36.5. The molecule has 0 saturated heterocycles. The van der Waals surface area contributed by atoms with E-state index in [0.717, 1.165) is 82.0 Å². The van der Waals surface area contributed by atoms with Gasteiger partial charge in [0.1, 0.15) is 33.5 Å². The third-order valence-electron chi connectivity index (χ3n) is 28.3. The molecule has 0 amide bonds. The van der Waals surface area contributed by atoms with Crippen LogP contribution in [0, 0.1) is 0 Å². The lowest BCUT2D eigenvalue weighted by Crippen LogP contribution is -1.92. The Kier molecular flexibility index (Phi) is 18.0. The molecule has 0 radical (unpaired) electrons. The summed E-state index contributed by atoms with van der Waals surface area (Å²) in [6.45, 7) is 0. The van der Waals surface area contributed by atoms with E-state index in [1.54, 1.807) is 0 Å². The molecule has 29 aromatic rings. The second kappa shape index (κ2) is 31.5. The third-order valence-corrected chi connectivity index (χ3v) is 28.3. The maximum Gasteiger partial charge on any atom is 0.143 e. The molecule has 0 bridgehead atoms. The highest BCUT2D eigenvalue weighted by atomic mass is 16.3. The Morgan fingerprint density at radius 3 is 0.711 bits per heavy atom. The standard InChI is InChI=1S/2C46H28O.C40H24O/c1-2-17-32-29(13-1)14-12-25-33(32)30-15-11-16-31(27-30)44-36-20-4-6-22-38(36)45(39-23-7-5-21-37(39)44)41-28-42-35-19-9-10-26-43(35)47-46(42)40-24-8-3-18-34(40)41;1-2-13-30-26-32(25-24-29(30)12-1)31-14-11-15-33(27-31)44-36-18-4-6-20-38(36)45(39-21-7-5-19-37(39)44)41-28-42-35-17-9-10-23-43(35)47-46(42)40-22-8-3-16-34(40)41;1-2-14-26-25(12-1)13-11-22-29(26)38-30-17-4-6-19-32(30)39(33-20-7-5-18-31(33)38)35-24-36-28-16-9-10-23-37(28)41-40(36)34-21-8-3-15-27(34)35/h2*1-28H;1-24H. The maximum absolute atomic E-state index is 6.48. The Morgan fingerprint density at radius 2 is 0.341 bits per heavy atom. The van der Waals surface area contributed by atoms with Crippen molar-refractivity contribution in [2.75, 3.05) is 0 Å². The minimum Gasteiger partial charge on any atom is -0.455 e. The average Bonchev–Trinajstić information content (AvgIpc) is 1.22. The first-order valence-electron chi connectivity index (χ1n) is 46.5. The first-order valence-corrected chi connectivity index (χ1v) is 46.5. The summed E-state index contributed by atoms with van der Waals surface area (Å²) in [4.78, 5) is 0. The van der Waals surface area contributed by atoms with Crippen molar-refractivity contribution in [3.63, 3.8) is 0 Å². The molecule has 3 heteroatoms. The molecule has 3 heterocycles. The van der Waals surface area contributed by atoms with E-state index in [1.807, 2.05) is 18.2 Å². The van der Waals surface area contributed by atoms with Crippen LogP contribution in [0.25, 0.3) is 284 Å². The van der Waals surface area contributed by atoms with Crippen molar-refractivity contribution in [1.29, 1.82) is 0 Å². The fraction of sp³-hybridized carbons (Fsp3) is 0. The monoisotopic (exact) mass is 1710 g/mol. The van der Waals surface area contributed by atoms with Crippen LogP contribution in [0.15, 0.2) is 499 Å². The summed E-state index contributed by atoms with van der Waals surface area (Å²) in [5.41, 5.74) is 25.5. The Labute approximate surface area is 777 Å². The zero-order valence-corrected chi connectivity index (χ0v) is 73.4. The quantitative estimate of drug-likeness (QED) is 0.142. The van der Waals surface area contributed by atoms with Crippen LogP contribution in [0.3, 0.4) is 0 Å². The molecule has 29 rings (SSSR count). The molecule has 0 unspecified atom stereocenters. The van der Waals surface area contributed by atoms with E-state index >= 15 is 0 Å². The molecule has 135 heavy (non-hydrogen) atoms. The van der Waals surface area contributed by atoms with Crippen LogP contribution >= 0.6 is 0 Å².